The molecule has 0 aliphatic carbocycles. The number of para-hydroxylation sites is 1. The van der Waals surface area contributed by atoms with Crippen molar-refractivity contribution in [1.29, 1.82) is 0 Å². The first-order valence-electron chi connectivity index (χ1n) is 6.13. The smallest absolute Gasteiger partial charge is 0.387 e. The minimum atomic E-state index is -3.90. The molecule has 0 spiro atoms. The van der Waals surface area contributed by atoms with Crippen LogP contribution in [0.5, 0.6) is 5.75 Å². The van der Waals surface area contributed by atoms with Crippen LogP contribution in [0, 0.1) is 0 Å². The predicted octanol–water partition coefficient (Wildman–Crippen LogP) is 1.99. The Morgan fingerprint density at radius 2 is 1.90 bits per heavy atom. The SMILES string of the molecule is CCN[C@H](C)CNS(=O)(=O)c1ccccc1OC(F)F.Cl. The third kappa shape index (κ3) is 6.56. The van der Waals surface area contributed by atoms with E-state index in [1.54, 1.807) is 0 Å². The highest BCUT2D eigenvalue weighted by Crippen LogP contribution is 2.24. The lowest BCUT2D eigenvalue weighted by Gasteiger charge is -2.15. The zero-order chi connectivity index (χ0) is 15.2. The Labute approximate surface area is 129 Å². The summed E-state index contributed by atoms with van der Waals surface area (Å²) in [4.78, 5) is -0.302. The van der Waals surface area contributed by atoms with E-state index in [1.165, 1.54) is 24.3 Å². The van der Waals surface area contributed by atoms with Gasteiger partial charge in [-0.1, -0.05) is 19.1 Å². The molecule has 1 rings (SSSR count). The molecule has 0 aliphatic rings. The van der Waals surface area contributed by atoms with Crippen LogP contribution in [0.2, 0.25) is 0 Å². The van der Waals surface area contributed by atoms with Gasteiger partial charge < -0.3 is 10.1 Å². The van der Waals surface area contributed by atoms with E-state index in [2.05, 4.69) is 14.8 Å². The monoisotopic (exact) mass is 344 g/mol. The highest BCUT2D eigenvalue weighted by Gasteiger charge is 2.21. The number of sulfonamides is 1. The molecule has 1 atom stereocenters. The maximum Gasteiger partial charge on any atom is 0.387 e. The minimum absolute atomic E-state index is 0. The summed E-state index contributed by atoms with van der Waals surface area (Å²) in [6.45, 7) is 1.49. The van der Waals surface area contributed by atoms with Crippen LogP contribution in [0.25, 0.3) is 0 Å². The summed E-state index contributed by atoms with van der Waals surface area (Å²) in [5.41, 5.74) is 0. The van der Waals surface area contributed by atoms with Crippen LogP contribution < -0.4 is 14.8 Å². The Bertz CT molecular complexity index is 529. The molecule has 0 amide bonds. The molecule has 0 bridgehead atoms. The molecule has 21 heavy (non-hydrogen) atoms. The zero-order valence-electron chi connectivity index (χ0n) is 11.7. The number of hydrogen-bond donors (Lipinski definition) is 2. The molecular weight excluding hydrogens is 326 g/mol. The molecule has 5 nitrogen and oxygen atoms in total. The van der Waals surface area contributed by atoms with E-state index < -0.39 is 16.6 Å². The van der Waals surface area contributed by atoms with Crippen molar-refractivity contribution in [2.75, 3.05) is 13.1 Å². The predicted molar refractivity (Wildman–Crippen MR) is 78.6 cm³/mol. The van der Waals surface area contributed by atoms with Gasteiger partial charge in [0.2, 0.25) is 10.0 Å². The second-order valence-electron chi connectivity index (χ2n) is 4.14. The lowest BCUT2D eigenvalue weighted by atomic mass is 10.3. The summed E-state index contributed by atoms with van der Waals surface area (Å²) in [7, 11) is -3.90. The van der Waals surface area contributed by atoms with E-state index in [-0.39, 0.29) is 35.6 Å². The van der Waals surface area contributed by atoms with Crippen LogP contribution >= 0.6 is 12.4 Å². The molecule has 1 aromatic rings. The highest BCUT2D eigenvalue weighted by atomic mass is 35.5. The lowest BCUT2D eigenvalue weighted by Crippen LogP contribution is -2.38. The van der Waals surface area contributed by atoms with E-state index in [0.29, 0.717) is 6.54 Å². The summed E-state index contributed by atoms with van der Waals surface area (Å²) < 4.78 is 55.2. The quantitative estimate of drug-likeness (QED) is 0.756. The normalized spacial score (nSPS) is 12.8. The second-order valence-corrected chi connectivity index (χ2v) is 5.87. The van der Waals surface area contributed by atoms with Crippen molar-refractivity contribution in [3.63, 3.8) is 0 Å². The molecular formula is C12H19ClF2N2O3S. The molecule has 2 N–H and O–H groups in total. The highest BCUT2D eigenvalue weighted by molar-refractivity contribution is 7.89. The second kappa shape index (κ2) is 9.14. The van der Waals surface area contributed by atoms with E-state index in [4.69, 9.17) is 0 Å². The van der Waals surface area contributed by atoms with Crippen molar-refractivity contribution in [3.8, 4) is 5.75 Å². The fourth-order valence-electron chi connectivity index (χ4n) is 1.60. The standard InChI is InChI=1S/C12H18F2N2O3S.ClH/c1-3-15-9(2)8-16-20(17,18)11-7-5-4-6-10(11)19-12(13)14;/h4-7,9,12,15-16H,3,8H2,1-2H3;1H/t9-;/m1./s1. The molecule has 0 radical (unpaired) electrons. The van der Waals surface area contributed by atoms with Gasteiger partial charge in [0.05, 0.1) is 0 Å². The lowest BCUT2D eigenvalue weighted by molar-refractivity contribution is -0.0517. The summed E-state index contributed by atoms with van der Waals surface area (Å²) in [5.74, 6) is -0.369. The topological polar surface area (TPSA) is 67.4 Å². The third-order valence-electron chi connectivity index (χ3n) is 2.49. The van der Waals surface area contributed by atoms with Crippen molar-refractivity contribution in [2.45, 2.75) is 31.4 Å². The van der Waals surface area contributed by atoms with Gasteiger partial charge in [-0.3, -0.25) is 0 Å². The number of likely N-dealkylation sites (N-methyl/N-ethyl adjacent to an activating group) is 1. The van der Waals surface area contributed by atoms with Crippen molar-refractivity contribution in [1.82, 2.24) is 10.0 Å². The third-order valence-corrected chi connectivity index (χ3v) is 3.95. The number of halogens is 3. The number of benzene rings is 1. The number of alkyl halides is 2. The molecule has 0 saturated heterocycles. The maximum atomic E-state index is 12.3. The first-order chi connectivity index (χ1) is 9.36. The van der Waals surface area contributed by atoms with Gasteiger partial charge in [0.1, 0.15) is 10.6 Å². The van der Waals surface area contributed by atoms with Crippen molar-refractivity contribution in [2.24, 2.45) is 0 Å². The Kier molecular flexibility index (Phi) is 8.72. The number of rotatable bonds is 8. The average molecular weight is 345 g/mol. The molecule has 0 saturated carbocycles. The first-order valence-corrected chi connectivity index (χ1v) is 7.62. The Morgan fingerprint density at radius 1 is 1.29 bits per heavy atom. The van der Waals surface area contributed by atoms with Gasteiger partial charge >= 0.3 is 6.61 Å². The molecule has 0 heterocycles. The van der Waals surface area contributed by atoms with Gasteiger partial charge in [-0.15, -0.1) is 12.4 Å². The fraction of sp³-hybridized carbons (Fsp3) is 0.500. The molecule has 1 aromatic carbocycles. The Balaban J connectivity index is 0.00000400. The summed E-state index contributed by atoms with van der Waals surface area (Å²) in [5, 5.41) is 3.04. The van der Waals surface area contributed by atoms with Gasteiger partial charge in [-0.05, 0) is 25.6 Å². The number of hydrogen-bond acceptors (Lipinski definition) is 4. The van der Waals surface area contributed by atoms with Crippen molar-refractivity contribution >= 4 is 22.4 Å². The first kappa shape index (κ1) is 20.0. The molecule has 0 fully saturated rings. The zero-order valence-corrected chi connectivity index (χ0v) is 13.3. The van der Waals surface area contributed by atoms with Gasteiger partial charge in [0, 0.05) is 12.6 Å². The summed E-state index contributed by atoms with van der Waals surface area (Å²) in [6, 6.07) is 5.21. The largest absolute Gasteiger partial charge is 0.433 e. The van der Waals surface area contributed by atoms with Gasteiger partial charge in [-0.2, -0.15) is 8.78 Å². The number of nitrogens with one attached hydrogen (secondary N) is 2. The molecule has 0 aromatic heterocycles. The van der Waals surface area contributed by atoms with E-state index in [1.807, 2.05) is 13.8 Å². The summed E-state index contributed by atoms with van der Waals surface area (Å²) in [6.07, 6.45) is 0. The van der Waals surface area contributed by atoms with Crippen LogP contribution in [-0.2, 0) is 10.0 Å². The van der Waals surface area contributed by atoms with E-state index >= 15 is 0 Å². The van der Waals surface area contributed by atoms with E-state index in [9.17, 15) is 17.2 Å². The van der Waals surface area contributed by atoms with E-state index in [0.717, 1.165) is 0 Å². The molecule has 0 unspecified atom stereocenters. The molecule has 122 valence electrons. The molecule has 0 aliphatic heterocycles. The van der Waals surface area contributed by atoms with Crippen LogP contribution in [0.15, 0.2) is 29.2 Å². The average Bonchev–Trinajstić information content (AvgIpc) is 2.37. The van der Waals surface area contributed by atoms with Crippen LogP contribution in [0.1, 0.15) is 13.8 Å². The summed E-state index contributed by atoms with van der Waals surface area (Å²) >= 11 is 0. The Hall–Kier alpha value is -0.960. The van der Waals surface area contributed by atoms with Gasteiger partial charge in [0.25, 0.3) is 0 Å². The maximum absolute atomic E-state index is 12.3. The van der Waals surface area contributed by atoms with Crippen LogP contribution in [0.3, 0.4) is 0 Å². The van der Waals surface area contributed by atoms with Gasteiger partial charge in [0.15, 0.2) is 0 Å². The Morgan fingerprint density at radius 3 is 2.48 bits per heavy atom. The number of ether oxygens (including phenoxy) is 1. The fourth-order valence-corrected chi connectivity index (χ4v) is 2.86. The van der Waals surface area contributed by atoms with Crippen molar-refractivity contribution in [3.05, 3.63) is 24.3 Å². The van der Waals surface area contributed by atoms with Crippen molar-refractivity contribution < 1.29 is 21.9 Å². The van der Waals surface area contributed by atoms with Crippen LogP contribution in [0.4, 0.5) is 8.78 Å². The van der Waals surface area contributed by atoms with Gasteiger partial charge in [-0.25, -0.2) is 13.1 Å². The minimum Gasteiger partial charge on any atom is -0.433 e. The molecule has 9 heteroatoms. The van der Waals surface area contributed by atoms with Crippen LogP contribution in [-0.4, -0.2) is 34.2 Å².